The lowest BCUT2D eigenvalue weighted by atomic mass is 10.2. The van der Waals surface area contributed by atoms with Gasteiger partial charge in [-0.2, -0.15) is 0 Å². The zero-order valence-electron chi connectivity index (χ0n) is 15.6. The first kappa shape index (κ1) is 16.4. The van der Waals surface area contributed by atoms with Crippen LogP contribution in [0.15, 0.2) is 61.2 Å². The van der Waals surface area contributed by atoms with Gasteiger partial charge < -0.3 is 10.3 Å². The lowest BCUT2D eigenvalue weighted by Crippen LogP contribution is -2.14. The third kappa shape index (κ3) is 2.60. The third-order valence-electron chi connectivity index (χ3n) is 4.89. The predicted octanol–water partition coefficient (Wildman–Crippen LogP) is 4.17. The summed E-state index contributed by atoms with van der Waals surface area (Å²) in [6.07, 6.45) is 3.14. The fourth-order valence-corrected chi connectivity index (χ4v) is 3.54. The fraction of sp³-hybridized carbons (Fsp3) is 0.143. The Morgan fingerprint density at radius 3 is 2.71 bits per heavy atom. The van der Waals surface area contributed by atoms with Gasteiger partial charge in [0.25, 0.3) is 0 Å². The van der Waals surface area contributed by atoms with Crippen molar-refractivity contribution in [1.29, 1.82) is 0 Å². The van der Waals surface area contributed by atoms with Gasteiger partial charge in [0.15, 0.2) is 11.5 Å². The molecule has 0 aliphatic heterocycles. The van der Waals surface area contributed by atoms with Gasteiger partial charge in [0.05, 0.1) is 23.4 Å². The van der Waals surface area contributed by atoms with Crippen LogP contribution in [0.5, 0.6) is 0 Å². The predicted molar refractivity (Wildman–Crippen MR) is 110 cm³/mol. The van der Waals surface area contributed by atoms with E-state index in [9.17, 15) is 0 Å². The summed E-state index contributed by atoms with van der Waals surface area (Å²) >= 11 is 0. The maximum Gasteiger partial charge on any atom is 0.182 e. The van der Waals surface area contributed by atoms with Crippen LogP contribution in [0.2, 0.25) is 0 Å². The highest BCUT2D eigenvalue weighted by Gasteiger charge is 2.20. The molecule has 7 nitrogen and oxygen atoms in total. The van der Waals surface area contributed by atoms with E-state index >= 15 is 0 Å². The van der Waals surface area contributed by atoms with Gasteiger partial charge in [0.1, 0.15) is 17.7 Å². The summed E-state index contributed by atoms with van der Waals surface area (Å²) in [5, 5.41) is 3.47. The number of aromatic nitrogens is 6. The van der Waals surface area contributed by atoms with E-state index in [0.717, 1.165) is 33.6 Å². The SMILES string of the molecule is Cc1cccc2c1nc([C@@H](C)Nc1ncnc3nc[nH]c13)n2-c1ccccc1. The number of anilines is 1. The van der Waals surface area contributed by atoms with Crippen molar-refractivity contribution in [3.05, 3.63) is 72.6 Å². The van der Waals surface area contributed by atoms with Gasteiger partial charge in [-0.1, -0.05) is 30.3 Å². The van der Waals surface area contributed by atoms with Crippen molar-refractivity contribution in [3.63, 3.8) is 0 Å². The van der Waals surface area contributed by atoms with Crippen molar-refractivity contribution < 1.29 is 0 Å². The lowest BCUT2D eigenvalue weighted by Gasteiger charge is -2.17. The molecular formula is C21H19N7. The van der Waals surface area contributed by atoms with Gasteiger partial charge in [-0.25, -0.2) is 19.9 Å². The molecule has 0 radical (unpaired) electrons. The van der Waals surface area contributed by atoms with Crippen LogP contribution in [0.4, 0.5) is 5.82 Å². The Labute approximate surface area is 161 Å². The van der Waals surface area contributed by atoms with E-state index in [1.54, 1.807) is 6.33 Å². The molecule has 138 valence electrons. The molecule has 5 rings (SSSR count). The minimum Gasteiger partial charge on any atom is -0.358 e. The summed E-state index contributed by atoms with van der Waals surface area (Å²) in [7, 11) is 0. The Morgan fingerprint density at radius 1 is 1.00 bits per heavy atom. The molecule has 28 heavy (non-hydrogen) atoms. The molecule has 0 fully saturated rings. The number of para-hydroxylation sites is 2. The van der Waals surface area contributed by atoms with E-state index in [1.165, 1.54) is 6.33 Å². The van der Waals surface area contributed by atoms with Gasteiger partial charge in [-0.3, -0.25) is 4.57 Å². The van der Waals surface area contributed by atoms with E-state index in [4.69, 9.17) is 4.98 Å². The zero-order chi connectivity index (χ0) is 19.1. The molecule has 0 spiro atoms. The first-order valence-electron chi connectivity index (χ1n) is 9.16. The topological polar surface area (TPSA) is 84.3 Å². The quantitative estimate of drug-likeness (QED) is 0.497. The number of nitrogens with one attached hydrogen (secondary N) is 2. The van der Waals surface area contributed by atoms with Gasteiger partial charge in [0, 0.05) is 5.69 Å². The molecule has 0 saturated heterocycles. The van der Waals surface area contributed by atoms with Gasteiger partial charge >= 0.3 is 0 Å². The maximum atomic E-state index is 4.98. The van der Waals surface area contributed by atoms with Crippen LogP contribution in [0.1, 0.15) is 24.4 Å². The Hall–Kier alpha value is -3.74. The summed E-state index contributed by atoms with van der Waals surface area (Å²) in [5.41, 5.74) is 5.74. The lowest BCUT2D eigenvalue weighted by molar-refractivity contribution is 0.769. The Kier molecular flexibility index (Phi) is 3.79. The number of H-pyrrole nitrogens is 1. The molecule has 5 aromatic rings. The second-order valence-corrected chi connectivity index (χ2v) is 6.77. The van der Waals surface area contributed by atoms with Crippen molar-refractivity contribution in [2.24, 2.45) is 0 Å². The average molecular weight is 369 g/mol. The molecule has 0 unspecified atom stereocenters. The third-order valence-corrected chi connectivity index (χ3v) is 4.89. The fourth-order valence-electron chi connectivity index (χ4n) is 3.54. The number of nitrogens with zero attached hydrogens (tertiary/aromatic N) is 5. The first-order chi connectivity index (χ1) is 13.7. The molecule has 2 aromatic carbocycles. The summed E-state index contributed by atoms with van der Waals surface area (Å²) in [6, 6.07) is 16.5. The molecule has 0 aliphatic rings. The Bertz CT molecular complexity index is 1270. The second-order valence-electron chi connectivity index (χ2n) is 6.77. The van der Waals surface area contributed by atoms with Crippen molar-refractivity contribution in [2.75, 3.05) is 5.32 Å². The molecular weight excluding hydrogens is 350 g/mol. The Morgan fingerprint density at radius 2 is 1.86 bits per heavy atom. The van der Waals surface area contributed by atoms with E-state index in [-0.39, 0.29) is 6.04 Å². The highest BCUT2D eigenvalue weighted by atomic mass is 15.2. The monoisotopic (exact) mass is 369 g/mol. The molecule has 3 heterocycles. The maximum absolute atomic E-state index is 4.98. The smallest absolute Gasteiger partial charge is 0.182 e. The van der Waals surface area contributed by atoms with Crippen molar-refractivity contribution in [1.82, 2.24) is 29.5 Å². The standard InChI is InChI=1S/C21H19N7/c1-13-7-6-10-16-17(13)27-21(28(16)15-8-4-3-5-9-15)14(2)26-20-18-19(23-11-22-18)24-12-25-20/h3-12,14H,1-2H3,(H2,22,23,24,25,26)/t14-/m1/s1. The molecule has 3 aromatic heterocycles. The Balaban J connectivity index is 1.66. The number of benzene rings is 2. The van der Waals surface area contributed by atoms with Crippen LogP contribution in [0.25, 0.3) is 27.9 Å². The van der Waals surface area contributed by atoms with Crippen LogP contribution < -0.4 is 5.32 Å². The van der Waals surface area contributed by atoms with E-state index < -0.39 is 0 Å². The van der Waals surface area contributed by atoms with Crippen LogP contribution in [0, 0.1) is 6.92 Å². The largest absolute Gasteiger partial charge is 0.358 e. The highest BCUT2D eigenvalue weighted by molar-refractivity contribution is 5.83. The molecule has 0 bridgehead atoms. The van der Waals surface area contributed by atoms with Crippen molar-refractivity contribution >= 4 is 28.0 Å². The first-order valence-corrected chi connectivity index (χ1v) is 9.16. The molecule has 0 aliphatic carbocycles. The highest BCUT2D eigenvalue weighted by Crippen LogP contribution is 2.29. The molecule has 1 atom stereocenters. The van der Waals surface area contributed by atoms with Crippen LogP contribution in [0.3, 0.4) is 0 Å². The van der Waals surface area contributed by atoms with Gasteiger partial charge in [0.2, 0.25) is 0 Å². The average Bonchev–Trinajstić information content (AvgIpc) is 3.34. The zero-order valence-corrected chi connectivity index (χ0v) is 15.6. The van der Waals surface area contributed by atoms with E-state index in [0.29, 0.717) is 11.5 Å². The van der Waals surface area contributed by atoms with Crippen LogP contribution in [-0.2, 0) is 0 Å². The number of hydrogen-bond donors (Lipinski definition) is 2. The molecule has 0 amide bonds. The van der Waals surface area contributed by atoms with Crippen molar-refractivity contribution in [3.8, 4) is 5.69 Å². The van der Waals surface area contributed by atoms with Gasteiger partial charge in [-0.15, -0.1) is 0 Å². The minimum absolute atomic E-state index is 0.0894. The minimum atomic E-state index is -0.0894. The number of aryl methyl sites for hydroxylation is 1. The van der Waals surface area contributed by atoms with Gasteiger partial charge in [-0.05, 0) is 37.6 Å². The summed E-state index contributed by atoms with van der Waals surface area (Å²) in [4.78, 5) is 20.9. The number of aromatic amines is 1. The summed E-state index contributed by atoms with van der Waals surface area (Å²) < 4.78 is 2.20. The molecule has 2 N–H and O–H groups in total. The summed E-state index contributed by atoms with van der Waals surface area (Å²) in [6.45, 7) is 4.17. The van der Waals surface area contributed by atoms with Crippen molar-refractivity contribution in [2.45, 2.75) is 19.9 Å². The summed E-state index contributed by atoms with van der Waals surface area (Å²) in [5.74, 6) is 1.63. The number of hydrogen-bond acceptors (Lipinski definition) is 5. The van der Waals surface area contributed by atoms with Crippen LogP contribution >= 0.6 is 0 Å². The molecule has 0 saturated carbocycles. The number of fused-ring (bicyclic) bond motifs is 2. The second kappa shape index (κ2) is 6.45. The van der Waals surface area contributed by atoms with E-state index in [2.05, 4.69) is 74.0 Å². The number of imidazole rings is 2. The number of rotatable bonds is 4. The van der Waals surface area contributed by atoms with E-state index in [1.807, 2.05) is 18.2 Å². The molecule has 7 heteroatoms. The van der Waals surface area contributed by atoms with Crippen LogP contribution in [-0.4, -0.2) is 29.5 Å². The normalized spacial score (nSPS) is 12.5.